The van der Waals surface area contributed by atoms with E-state index in [9.17, 15) is 0 Å². The Labute approximate surface area is 93.1 Å². The van der Waals surface area contributed by atoms with Gasteiger partial charge in [0, 0.05) is 35.9 Å². The van der Waals surface area contributed by atoms with Gasteiger partial charge in [-0.05, 0) is 0 Å². The van der Waals surface area contributed by atoms with Crippen LogP contribution in [0.5, 0.6) is 0 Å². The van der Waals surface area contributed by atoms with Crippen molar-refractivity contribution < 1.29 is 86.1 Å². The summed E-state index contributed by atoms with van der Waals surface area (Å²) in [6.07, 6.45) is 0. The number of hydrogen-bond acceptors (Lipinski definition) is 1. The molecule has 0 saturated carbocycles. The van der Waals surface area contributed by atoms with Crippen LogP contribution in [0.2, 0.25) is 0 Å². The van der Waals surface area contributed by atoms with Crippen molar-refractivity contribution in [2.24, 2.45) is 0 Å². The van der Waals surface area contributed by atoms with Crippen LogP contribution in [0.15, 0.2) is 0 Å². The Balaban J connectivity index is -0.0000000133. The summed E-state index contributed by atoms with van der Waals surface area (Å²) in [7, 11) is -4.64. The molecule has 0 amide bonds. The molecule has 4 nitrogen and oxygen atoms in total. The maximum Gasteiger partial charge on any atom is 1.00 e. The molecule has 0 aliphatic heterocycles. The van der Waals surface area contributed by atoms with Crippen molar-refractivity contribution in [3.63, 3.8) is 0 Å². The third kappa shape index (κ3) is 86.6. The predicted molar refractivity (Wildman–Crippen MR) is 15.4 cm³/mol. The van der Waals surface area contributed by atoms with Gasteiger partial charge in [-0.2, -0.15) is 0 Å². The van der Waals surface area contributed by atoms with Gasteiger partial charge in [-0.1, -0.05) is 0 Å². The van der Waals surface area contributed by atoms with E-state index in [0.717, 1.165) is 0 Å². The first-order valence-electron chi connectivity index (χ1n) is 0.783. The zero-order valence-electron chi connectivity index (χ0n) is 5.05. The van der Waals surface area contributed by atoms with Crippen LogP contribution in [0.25, 0.3) is 0 Å². The molecule has 0 saturated heterocycles. The molecular formula is H4CrNaO4PV. The Hall–Kier alpha value is 2.23. The summed E-state index contributed by atoms with van der Waals surface area (Å²) < 4.78 is 8.88. The topological polar surface area (TPSA) is 77.8 Å². The van der Waals surface area contributed by atoms with Crippen molar-refractivity contribution in [2.45, 2.75) is 0 Å². The first kappa shape index (κ1) is 22.5. The van der Waals surface area contributed by atoms with Crippen LogP contribution in [-0.2, 0) is 40.5 Å². The van der Waals surface area contributed by atoms with Crippen molar-refractivity contribution in [2.75, 3.05) is 0 Å². The van der Waals surface area contributed by atoms with Gasteiger partial charge < -0.3 is 16.1 Å². The fourth-order valence-corrected chi connectivity index (χ4v) is 0. The molecule has 0 aromatic carbocycles. The number of rotatable bonds is 0. The minimum Gasteiger partial charge on any atom is -1.00 e. The van der Waals surface area contributed by atoms with E-state index < -0.39 is 7.82 Å². The Morgan fingerprint density at radius 3 is 1.25 bits per heavy atom. The minimum absolute atomic E-state index is 0. The molecule has 0 atom stereocenters. The molecule has 0 aliphatic rings. The predicted octanol–water partition coefficient (Wildman–Crippen LogP) is -3.82. The SMILES string of the molecule is O=P(O)(O)O.[Cr].[H-].[Na+].[V]. The van der Waals surface area contributed by atoms with E-state index in [2.05, 4.69) is 0 Å². The summed E-state index contributed by atoms with van der Waals surface area (Å²) in [6.45, 7) is 0. The monoisotopic (exact) mass is 225 g/mol. The third-order valence-electron chi connectivity index (χ3n) is 0. The molecule has 0 unspecified atom stereocenters. The van der Waals surface area contributed by atoms with Crippen LogP contribution >= 0.6 is 7.82 Å². The average Bonchev–Trinajstić information content (AvgIpc) is 0.722. The van der Waals surface area contributed by atoms with Gasteiger partial charge in [-0.15, -0.1) is 0 Å². The summed E-state index contributed by atoms with van der Waals surface area (Å²) in [5, 5.41) is 0. The average molecular weight is 225 g/mol. The summed E-state index contributed by atoms with van der Waals surface area (Å²) in [4.78, 5) is 21.6. The van der Waals surface area contributed by atoms with Crippen LogP contribution in [0.1, 0.15) is 1.43 Å². The maximum absolute atomic E-state index is 8.88. The number of phosphoric acid groups is 1. The van der Waals surface area contributed by atoms with Crippen molar-refractivity contribution in [3.05, 3.63) is 0 Å². The molecule has 0 rings (SSSR count). The van der Waals surface area contributed by atoms with Crippen LogP contribution in [0.4, 0.5) is 0 Å². The van der Waals surface area contributed by atoms with E-state index >= 15 is 0 Å². The zero-order valence-corrected chi connectivity index (χ0v) is 9.62. The molecule has 0 bridgehead atoms. The van der Waals surface area contributed by atoms with Crippen molar-refractivity contribution in [3.8, 4) is 0 Å². The summed E-state index contributed by atoms with van der Waals surface area (Å²) in [5.74, 6) is 0. The molecule has 0 aromatic heterocycles. The van der Waals surface area contributed by atoms with Gasteiger partial charge in [0.2, 0.25) is 0 Å². The molecule has 0 fully saturated rings. The largest absolute Gasteiger partial charge is 1.00 e. The minimum atomic E-state index is -4.64. The summed E-state index contributed by atoms with van der Waals surface area (Å²) >= 11 is 0. The fraction of sp³-hybridized carbons (Fsp3) is 0. The van der Waals surface area contributed by atoms with Gasteiger partial charge in [0.1, 0.15) is 0 Å². The normalized spacial score (nSPS) is 7.38. The number of hydrogen-bond donors (Lipinski definition) is 3. The molecular weight excluding hydrogens is 221 g/mol. The second-order valence-corrected chi connectivity index (χ2v) is 1.54. The van der Waals surface area contributed by atoms with E-state index in [-0.39, 0.29) is 66.9 Å². The molecule has 1 radical (unpaired) electrons. The van der Waals surface area contributed by atoms with Crippen molar-refractivity contribution in [1.82, 2.24) is 0 Å². The molecule has 8 heteroatoms. The molecule has 8 heavy (non-hydrogen) atoms. The molecule has 45 valence electrons. The van der Waals surface area contributed by atoms with Gasteiger partial charge in [0.25, 0.3) is 0 Å². The van der Waals surface area contributed by atoms with Crippen LogP contribution in [0, 0.1) is 0 Å². The first-order chi connectivity index (χ1) is 2.00. The first-order valence-corrected chi connectivity index (χ1v) is 2.35. The molecule has 0 aliphatic carbocycles. The van der Waals surface area contributed by atoms with Crippen LogP contribution in [0.3, 0.4) is 0 Å². The van der Waals surface area contributed by atoms with Gasteiger partial charge in [0.15, 0.2) is 0 Å². The molecule has 0 spiro atoms. The zero-order chi connectivity index (χ0) is 4.50. The fourth-order valence-electron chi connectivity index (χ4n) is 0. The van der Waals surface area contributed by atoms with Crippen molar-refractivity contribution in [1.29, 1.82) is 0 Å². The maximum atomic E-state index is 8.88. The van der Waals surface area contributed by atoms with E-state index in [1.807, 2.05) is 0 Å². The Morgan fingerprint density at radius 1 is 1.25 bits per heavy atom. The standard InChI is InChI=1S/Cr.Na.H3O4P.V.H/c;;1-5(2,3)4;;/h;;(H3,1,2,3,4);;/q;+1;;;-1. The van der Waals surface area contributed by atoms with Crippen LogP contribution in [-0.4, -0.2) is 14.7 Å². The van der Waals surface area contributed by atoms with E-state index in [1.54, 1.807) is 0 Å². The Kier molecular flexibility index (Phi) is 25.9. The molecule has 0 aromatic rings. The summed E-state index contributed by atoms with van der Waals surface area (Å²) in [5.41, 5.74) is 0. The van der Waals surface area contributed by atoms with E-state index in [4.69, 9.17) is 19.2 Å². The van der Waals surface area contributed by atoms with E-state index in [1.165, 1.54) is 0 Å². The van der Waals surface area contributed by atoms with Crippen molar-refractivity contribution >= 4 is 7.82 Å². The summed E-state index contributed by atoms with van der Waals surface area (Å²) in [6, 6.07) is 0. The Bertz CT molecular complexity index is 66.7. The second-order valence-electron chi connectivity index (χ2n) is 0.513. The third-order valence-corrected chi connectivity index (χ3v) is 0. The Morgan fingerprint density at radius 2 is 1.25 bits per heavy atom. The smallest absolute Gasteiger partial charge is 1.00 e. The van der Waals surface area contributed by atoms with Gasteiger partial charge in [-0.25, -0.2) is 4.57 Å². The van der Waals surface area contributed by atoms with Gasteiger partial charge >= 0.3 is 37.4 Å². The second kappa shape index (κ2) is 9.23. The van der Waals surface area contributed by atoms with E-state index in [0.29, 0.717) is 0 Å². The molecule has 0 heterocycles. The van der Waals surface area contributed by atoms with Gasteiger partial charge in [-0.3, -0.25) is 0 Å². The van der Waals surface area contributed by atoms with Gasteiger partial charge in [0.05, 0.1) is 0 Å². The quantitative estimate of drug-likeness (QED) is 0.291. The van der Waals surface area contributed by atoms with Crippen LogP contribution < -0.4 is 29.6 Å². The molecule has 3 N–H and O–H groups in total.